The first-order valence-electron chi connectivity index (χ1n) is 8.21. The van der Waals surface area contributed by atoms with Gasteiger partial charge in [0.1, 0.15) is 0 Å². The summed E-state index contributed by atoms with van der Waals surface area (Å²) in [6.45, 7) is 6.29. The quantitative estimate of drug-likeness (QED) is 0.771. The first kappa shape index (κ1) is 14.3. The lowest BCUT2D eigenvalue weighted by Crippen LogP contribution is -2.49. The van der Waals surface area contributed by atoms with Crippen LogP contribution in [0.2, 0.25) is 0 Å². The molecule has 0 fully saturated rings. The molecule has 0 atom stereocenters. The SMILES string of the molecule is CC1=CC(C)(C)N(C(=O)c2ccco2)c2cc3c(cc21)CCC3. The topological polar surface area (TPSA) is 33.5 Å². The van der Waals surface area contributed by atoms with Crippen molar-refractivity contribution >= 4 is 17.2 Å². The molecule has 0 N–H and O–H groups in total. The van der Waals surface area contributed by atoms with Crippen LogP contribution in [0, 0.1) is 0 Å². The number of rotatable bonds is 1. The van der Waals surface area contributed by atoms with E-state index in [1.165, 1.54) is 28.7 Å². The maximum absolute atomic E-state index is 13.0. The van der Waals surface area contributed by atoms with Crippen LogP contribution in [0.25, 0.3) is 5.57 Å². The van der Waals surface area contributed by atoms with Crippen molar-refractivity contribution in [1.82, 2.24) is 0 Å². The lowest BCUT2D eigenvalue weighted by molar-refractivity contribution is 0.0943. The first-order valence-corrected chi connectivity index (χ1v) is 8.21. The zero-order valence-corrected chi connectivity index (χ0v) is 13.8. The third-order valence-electron chi connectivity index (χ3n) is 4.96. The van der Waals surface area contributed by atoms with E-state index in [1.54, 1.807) is 18.4 Å². The molecule has 23 heavy (non-hydrogen) atoms. The molecule has 3 nitrogen and oxygen atoms in total. The number of allylic oxidation sites excluding steroid dienone is 1. The van der Waals surface area contributed by atoms with E-state index in [0.717, 1.165) is 18.5 Å². The van der Waals surface area contributed by atoms with Crippen LogP contribution < -0.4 is 4.90 Å². The van der Waals surface area contributed by atoms with Crippen molar-refractivity contribution in [3.05, 3.63) is 59.1 Å². The number of hydrogen-bond acceptors (Lipinski definition) is 2. The average molecular weight is 307 g/mol. The van der Waals surface area contributed by atoms with Crippen LogP contribution >= 0.6 is 0 Å². The third kappa shape index (κ3) is 2.14. The second kappa shape index (κ2) is 4.85. The summed E-state index contributed by atoms with van der Waals surface area (Å²) in [7, 11) is 0. The number of furan rings is 1. The van der Waals surface area contributed by atoms with E-state index < -0.39 is 0 Å². The Bertz CT molecular complexity index is 812. The normalized spacial score (nSPS) is 18.4. The minimum Gasteiger partial charge on any atom is -0.459 e. The molecule has 0 saturated carbocycles. The smallest absolute Gasteiger partial charge is 0.294 e. The molecule has 1 aromatic carbocycles. The highest BCUT2D eigenvalue weighted by atomic mass is 16.3. The summed E-state index contributed by atoms with van der Waals surface area (Å²) >= 11 is 0. The van der Waals surface area contributed by atoms with Gasteiger partial charge in [0.25, 0.3) is 5.91 Å². The number of nitrogens with zero attached hydrogens (tertiary/aromatic N) is 1. The molecule has 1 aromatic heterocycles. The van der Waals surface area contributed by atoms with Crippen molar-refractivity contribution < 1.29 is 9.21 Å². The summed E-state index contributed by atoms with van der Waals surface area (Å²) in [5.74, 6) is 0.306. The van der Waals surface area contributed by atoms with E-state index in [0.29, 0.717) is 5.76 Å². The van der Waals surface area contributed by atoms with Gasteiger partial charge in [-0.15, -0.1) is 0 Å². The minimum atomic E-state index is -0.381. The van der Waals surface area contributed by atoms with Crippen molar-refractivity contribution in [2.45, 2.75) is 45.6 Å². The van der Waals surface area contributed by atoms with Crippen molar-refractivity contribution in [3.8, 4) is 0 Å². The van der Waals surface area contributed by atoms with Gasteiger partial charge in [0.2, 0.25) is 0 Å². The van der Waals surface area contributed by atoms with Crippen molar-refractivity contribution in [2.75, 3.05) is 4.90 Å². The first-order chi connectivity index (χ1) is 11.0. The largest absolute Gasteiger partial charge is 0.459 e. The Balaban J connectivity index is 1.91. The molecule has 2 aromatic rings. The predicted octanol–water partition coefficient (Wildman–Crippen LogP) is 4.61. The summed E-state index contributed by atoms with van der Waals surface area (Å²) in [4.78, 5) is 14.9. The molecule has 2 heterocycles. The van der Waals surface area contributed by atoms with Gasteiger partial charge in [-0.1, -0.05) is 6.08 Å². The molecular weight excluding hydrogens is 286 g/mol. The van der Waals surface area contributed by atoms with Gasteiger partial charge in [0.15, 0.2) is 5.76 Å². The highest BCUT2D eigenvalue weighted by molar-refractivity contribution is 6.08. The summed E-state index contributed by atoms with van der Waals surface area (Å²) in [5.41, 5.74) is 5.85. The molecule has 118 valence electrons. The fourth-order valence-corrected chi connectivity index (χ4v) is 3.98. The van der Waals surface area contributed by atoms with Crippen molar-refractivity contribution in [2.24, 2.45) is 0 Å². The van der Waals surface area contributed by atoms with Gasteiger partial charge in [-0.2, -0.15) is 0 Å². The highest BCUT2D eigenvalue weighted by Gasteiger charge is 2.38. The molecular formula is C20H21NO2. The second-order valence-corrected chi connectivity index (χ2v) is 7.09. The number of amides is 1. The lowest BCUT2D eigenvalue weighted by atomic mass is 9.87. The number of carbonyl (C=O) groups excluding carboxylic acids is 1. The van der Waals surface area contributed by atoms with Gasteiger partial charge in [-0.25, -0.2) is 0 Å². The molecule has 1 aliphatic carbocycles. The molecule has 1 amide bonds. The van der Waals surface area contributed by atoms with Gasteiger partial charge in [-0.05, 0) is 81.0 Å². The molecule has 0 radical (unpaired) electrons. The van der Waals surface area contributed by atoms with E-state index >= 15 is 0 Å². The summed E-state index contributed by atoms with van der Waals surface area (Å²) < 4.78 is 5.36. The Hall–Kier alpha value is -2.29. The number of anilines is 1. The second-order valence-electron chi connectivity index (χ2n) is 7.09. The van der Waals surface area contributed by atoms with E-state index in [2.05, 4.69) is 39.0 Å². The van der Waals surface area contributed by atoms with Crippen LogP contribution in [0.1, 0.15) is 54.4 Å². The Morgan fingerprint density at radius 1 is 1.22 bits per heavy atom. The van der Waals surface area contributed by atoms with Crippen LogP contribution in [0.15, 0.2) is 41.0 Å². The number of benzene rings is 1. The highest BCUT2D eigenvalue weighted by Crippen LogP contribution is 2.42. The Morgan fingerprint density at radius 2 is 1.96 bits per heavy atom. The van der Waals surface area contributed by atoms with E-state index in [4.69, 9.17) is 4.42 Å². The van der Waals surface area contributed by atoms with Crippen molar-refractivity contribution in [3.63, 3.8) is 0 Å². The lowest BCUT2D eigenvalue weighted by Gasteiger charge is -2.41. The van der Waals surface area contributed by atoms with Gasteiger partial charge < -0.3 is 4.42 Å². The minimum absolute atomic E-state index is 0.0806. The number of carbonyl (C=O) groups is 1. The van der Waals surface area contributed by atoms with Crippen LogP contribution in [0.4, 0.5) is 5.69 Å². The molecule has 2 aliphatic rings. The van der Waals surface area contributed by atoms with Crippen LogP contribution in [-0.4, -0.2) is 11.4 Å². The van der Waals surface area contributed by atoms with Gasteiger partial charge in [-0.3, -0.25) is 9.69 Å². The predicted molar refractivity (Wildman–Crippen MR) is 91.7 cm³/mol. The average Bonchev–Trinajstić information content (AvgIpc) is 3.15. The molecule has 0 unspecified atom stereocenters. The summed E-state index contributed by atoms with van der Waals surface area (Å²) in [6.07, 6.45) is 7.18. The maximum atomic E-state index is 13.0. The number of fused-ring (bicyclic) bond motifs is 2. The van der Waals surface area contributed by atoms with Gasteiger partial charge >= 0.3 is 0 Å². The fraction of sp³-hybridized carbons (Fsp3) is 0.350. The van der Waals surface area contributed by atoms with Crippen LogP contribution in [-0.2, 0) is 12.8 Å². The third-order valence-corrected chi connectivity index (χ3v) is 4.96. The monoisotopic (exact) mass is 307 g/mol. The maximum Gasteiger partial charge on any atom is 0.294 e. The zero-order valence-electron chi connectivity index (χ0n) is 13.8. The van der Waals surface area contributed by atoms with Crippen LogP contribution in [0.3, 0.4) is 0 Å². The van der Waals surface area contributed by atoms with E-state index in [1.807, 2.05) is 4.90 Å². The van der Waals surface area contributed by atoms with Crippen molar-refractivity contribution in [1.29, 1.82) is 0 Å². The van der Waals surface area contributed by atoms with E-state index in [-0.39, 0.29) is 11.4 Å². The van der Waals surface area contributed by atoms with Gasteiger partial charge in [0.05, 0.1) is 17.5 Å². The number of aryl methyl sites for hydroxylation is 2. The van der Waals surface area contributed by atoms with Crippen LogP contribution in [0.5, 0.6) is 0 Å². The molecule has 3 heteroatoms. The molecule has 0 spiro atoms. The number of hydrogen-bond donors (Lipinski definition) is 0. The Morgan fingerprint density at radius 3 is 2.65 bits per heavy atom. The molecule has 0 bridgehead atoms. The molecule has 0 saturated heterocycles. The Kier molecular flexibility index (Phi) is 3.02. The van der Waals surface area contributed by atoms with E-state index in [9.17, 15) is 4.79 Å². The van der Waals surface area contributed by atoms with Gasteiger partial charge in [0, 0.05) is 5.56 Å². The zero-order chi connectivity index (χ0) is 16.2. The molecule has 1 aliphatic heterocycles. The fourth-order valence-electron chi connectivity index (χ4n) is 3.98. The molecule has 4 rings (SSSR count). The summed E-state index contributed by atoms with van der Waals surface area (Å²) in [5, 5.41) is 0. The Labute approximate surface area is 136 Å². The standard InChI is InChI=1S/C20H21NO2/c1-13-12-20(2,3)21(19(22)18-8-5-9-23-18)17-11-15-7-4-6-14(15)10-16(13)17/h5,8-12H,4,6-7H2,1-3H3. The summed E-state index contributed by atoms with van der Waals surface area (Å²) in [6, 6.07) is 7.99.